The normalized spacial score (nSPS) is 37.9. The Labute approximate surface area is 268 Å². The van der Waals surface area contributed by atoms with Crippen LogP contribution in [-0.2, 0) is 48.2 Å². The van der Waals surface area contributed by atoms with Crippen LogP contribution in [0.1, 0.15) is 105 Å². The Balaban J connectivity index is 1.50. The lowest BCUT2D eigenvalue weighted by Gasteiger charge is -2.62. The Hall–Kier alpha value is -1.32. The largest absolute Gasteiger partial charge is 0.466 e. The molecule has 0 amide bonds. The molecule has 260 valence electrons. The second kappa shape index (κ2) is 14.0. The van der Waals surface area contributed by atoms with Crippen molar-refractivity contribution in [2.45, 2.75) is 117 Å². The van der Waals surface area contributed by atoms with Gasteiger partial charge < -0.3 is 9.47 Å². The first kappa shape index (κ1) is 36.5. The van der Waals surface area contributed by atoms with Gasteiger partial charge in [0.05, 0.1) is 13.2 Å². The van der Waals surface area contributed by atoms with Gasteiger partial charge >= 0.3 is 32.7 Å². The Morgan fingerprint density at radius 1 is 0.844 bits per heavy atom. The van der Waals surface area contributed by atoms with Crippen LogP contribution in [0.5, 0.6) is 0 Å². The van der Waals surface area contributed by atoms with E-state index in [1.54, 1.807) is 0 Å². The third kappa shape index (κ3) is 8.78. The summed E-state index contributed by atoms with van der Waals surface area (Å²) in [5.74, 6) is 0.812. The molecule has 4 aliphatic carbocycles. The molecule has 0 bridgehead atoms. The Morgan fingerprint density at radius 2 is 1.53 bits per heavy atom. The van der Waals surface area contributed by atoms with Crippen LogP contribution in [0.3, 0.4) is 0 Å². The summed E-state index contributed by atoms with van der Waals surface area (Å²) in [4.78, 5) is 23.2. The van der Waals surface area contributed by atoms with Crippen LogP contribution in [-0.4, -0.2) is 63.3 Å². The molecule has 12 nitrogen and oxygen atoms in total. The second-order valence-corrected chi connectivity index (χ2v) is 17.0. The van der Waals surface area contributed by atoms with Crippen molar-refractivity contribution in [3.63, 3.8) is 0 Å². The van der Waals surface area contributed by atoms with E-state index in [1.165, 1.54) is 13.8 Å². The minimum absolute atomic E-state index is 0.0401. The number of rotatable bonds is 13. The monoisotopic (exact) mass is 680 g/mol. The van der Waals surface area contributed by atoms with Gasteiger partial charge in [-0.2, -0.15) is 16.8 Å². The maximum Gasteiger partial charge on any atom is 0.397 e. The van der Waals surface area contributed by atoms with Crippen LogP contribution in [0.4, 0.5) is 0 Å². The molecule has 4 rings (SSSR count). The van der Waals surface area contributed by atoms with Crippen LogP contribution in [0.15, 0.2) is 0 Å². The van der Waals surface area contributed by atoms with E-state index in [9.17, 15) is 35.5 Å². The van der Waals surface area contributed by atoms with E-state index >= 15 is 0 Å². The molecule has 2 N–H and O–H groups in total. The van der Waals surface area contributed by atoms with E-state index in [0.29, 0.717) is 37.2 Å². The minimum Gasteiger partial charge on any atom is -0.466 e. The number of fused-ring (bicyclic) bond motifs is 5. The molecule has 0 unspecified atom stereocenters. The number of carbonyl (C=O) groups is 2. The molecule has 0 spiro atoms. The third-order valence-electron chi connectivity index (χ3n) is 12.1. The molecule has 45 heavy (non-hydrogen) atoms. The van der Waals surface area contributed by atoms with Gasteiger partial charge in [-0.25, -0.2) is 8.37 Å². The molecule has 0 radical (unpaired) electrons. The molecule has 0 aliphatic heterocycles. The summed E-state index contributed by atoms with van der Waals surface area (Å²) < 4.78 is 86.0. The summed E-state index contributed by atoms with van der Waals surface area (Å²) in [6, 6.07) is 0. The van der Waals surface area contributed by atoms with Crippen molar-refractivity contribution in [3.05, 3.63) is 0 Å². The number of esters is 2. The topological polar surface area (TPSA) is 180 Å². The predicted octanol–water partition coefficient (Wildman–Crippen LogP) is 5.18. The summed E-state index contributed by atoms with van der Waals surface area (Å²) in [5.41, 5.74) is -0.241. The molecule has 0 saturated heterocycles. The Kier molecular flexibility index (Phi) is 11.4. The van der Waals surface area contributed by atoms with E-state index in [2.05, 4.69) is 13.8 Å². The third-order valence-corrected chi connectivity index (χ3v) is 13.0. The first-order chi connectivity index (χ1) is 20.8. The highest BCUT2D eigenvalue weighted by atomic mass is 32.3. The lowest BCUT2D eigenvalue weighted by Crippen LogP contribution is -2.58. The standard InChI is InChI=1S/C31H52O12S2/c1-19(17-40-20(2)32)7-6-8-22(18-41-44(34,35)36)25-11-12-26-24-10-9-23-15-28(43-45(37,38)39)29(42-21(3)33)16-31(23,5)27(24)13-14-30(25,26)4/h19,22-29H,6-18H2,1-5H3,(H,34,35,36)(H,37,38,39)/t19-,22+,23+,24+,25-,26+,27+,28+,29+,30-,31+/m1/s1. The molecule has 4 saturated carbocycles. The van der Waals surface area contributed by atoms with Crippen LogP contribution >= 0.6 is 0 Å². The first-order valence-corrected chi connectivity index (χ1v) is 19.1. The molecule has 4 aliphatic rings. The maximum absolute atomic E-state index is 12.0. The predicted molar refractivity (Wildman–Crippen MR) is 163 cm³/mol. The fourth-order valence-corrected chi connectivity index (χ4v) is 11.1. The summed E-state index contributed by atoms with van der Waals surface area (Å²) in [7, 11) is -9.30. The van der Waals surface area contributed by atoms with Gasteiger partial charge in [0.15, 0.2) is 0 Å². The molecule has 0 heterocycles. The number of ether oxygens (including phenoxy) is 2. The fourth-order valence-electron chi connectivity index (χ4n) is 10.3. The van der Waals surface area contributed by atoms with Gasteiger partial charge in [-0.3, -0.25) is 18.7 Å². The van der Waals surface area contributed by atoms with E-state index in [0.717, 1.165) is 57.8 Å². The van der Waals surface area contributed by atoms with E-state index in [4.69, 9.17) is 17.8 Å². The molecule has 11 atom stereocenters. The molecule has 0 aromatic heterocycles. The molecular weight excluding hydrogens is 628 g/mol. The first-order valence-electron chi connectivity index (χ1n) is 16.4. The average Bonchev–Trinajstić information content (AvgIpc) is 3.25. The summed E-state index contributed by atoms with van der Waals surface area (Å²) in [5, 5.41) is 0. The van der Waals surface area contributed by atoms with Gasteiger partial charge in [0, 0.05) is 13.8 Å². The quantitative estimate of drug-likeness (QED) is 0.193. The Morgan fingerprint density at radius 3 is 2.16 bits per heavy atom. The van der Waals surface area contributed by atoms with Gasteiger partial charge in [-0.15, -0.1) is 0 Å². The minimum atomic E-state index is -4.71. The number of hydrogen-bond donors (Lipinski definition) is 2. The van der Waals surface area contributed by atoms with Crippen molar-refractivity contribution >= 4 is 32.7 Å². The summed E-state index contributed by atoms with van der Waals surface area (Å²) in [6.07, 6.45) is 7.20. The van der Waals surface area contributed by atoms with Gasteiger partial charge in [0.1, 0.15) is 12.2 Å². The zero-order chi connectivity index (χ0) is 33.4. The van der Waals surface area contributed by atoms with Gasteiger partial charge in [-0.1, -0.05) is 27.2 Å². The fraction of sp³-hybridized carbons (Fsp3) is 0.935. The van der Waals surface area contributed by atoms with E-state index < -0.39 is 39.0 Å². The van der Waals surface area contributed by atoms with Crippen molar-refractivity contribution in [2.75, 3.05) is 13.2 Å². The molecule has 0 aromatic rings. The lowest BCUT2D eigenvalue weighted by atomic mass is 9.44. The highest BCUT2D eigenvalue weighted by Gasteiger charge is 2.62. The van der Waals surface area contributed by atoms with Gasteiger partial charge in [-0.05, 0) is 116 Å². The smallest absolute Gasteiger partial charge is 0.397 e. The zero-order valence-corrected chi connectivity index (χ0v) is 28.8. The van der Waals surface area contributed by atoms with Crippen molar-refractivity contribution in [2.24, 2.45) is 52.3 Å². The van der Waals surface area contributed by atoms with Crippen LogP contribution in [0.25, 0.3) is 0 Å². The number of carbonyl (C=O) groups excluding carboxylic acids is 2. The van der Waals surface area contributed by atoms with Gasteiger partial charge in [0.25, 0.3) is 0 Å². The van der Waals surface area contributed by atoms with Crippen molar-refractivity contribution in [1.29, 1.82) is 0 Å². The zero-order valence-electron chi connectivity index (χ0n) is 27.2. The molecule has 4 fully saturated rings. The highest BCUT2D eigenvalue weighted by Crippen LogP contribution is 2.68. The van der Waals surface area contributed by atoms with Crippen molar-refractivity contribution in [3.8, 4) is 0 Å². The van der Waals surface area contributed by atoms with Crippen molar-refractivity contribution in [1.82, 2.24) is 0 Å². The highest BCUT2D eigenvalue weighted by molar-refractivity contribution is 7.81. The second-order valence-electron chi connectivity index (χ2n) is 14.8. The lowest BCUT2D eigenvalue weighted by molar-refractivity contribution is -0.180. The van der Waals surface area contributed by atoms with Crippen LogP contribution in [0, 0.1) is 52.3 Å². The van der Waals surface area contributed by atoms with E-state index in [1.807, 2.05) is 6.92 Å². The van der Waals surface area contributed by atoms with E-state index in [-0.39, 0.29) is 47.1 Å². The molecular formula is C31H52O12S2. The summed E-state index contributed by atoms with van der Waals surface area (Å²) >= 11 is 0. The number of hydrogen-bond acceptors (Lipinski definition) is 10. The Bertz CT molecular complexity index is 1290. The molecule has 0 aromatic carbocycles. The van der Waals surface area contributed by atoms with Crippen molar-refractivity contribution < 1.29 is 53.4 Å². The maximum atomic E-state index is 12.0. The average molecular weight is 681 g/mol. The van der Waals surface area contributed by atoms with Gasteiger partial charge in [0.2, 0.25) is 0 Å². The van der Waals surface area contributed by atoms with Crippen LogP contribution < -0.4 is 0 Å². The summed E-state index contributed by atoms with van der Waals surface area (Å²) in [6.45, 7) is 9.54. The molecule has 14 heteroatoms. The SMILES string of the molecule is CC(=O)OC[C@H](C)CCC[C@@H](COS(=O)(=O)O)[C@H]1CC[C@H]2[C@@H]3CC[C@H]4C[C@H](OS(=O)(=O)O)[C@@H](OC(C)=O)C[C@]4(C)[C@H]3CC[C@]12C. The van der Waals surface area contributed by atoms with Crippen LogP contribution in [0.2, 0.25) is 0 Å².